The first-order chi connectivity index (χ1) is 10.1. The molecule has 1 aromatic carbocycles. The van der Waals surface area contributed by atoms with Crippen molar-refractivity contribution in [3.8, 4) is 0 Å². The number of nitrogens with one attached hydrogen (secondary N) is 1. The second-order valence-electron chi connectivity index (χ2n) is 6.55. The maximum absolute atomic E-state index is 14.2. The van der Waals surface area contributed by atoms with Crippen LogP contribution in [0.4, 0.5) is 10.1 Å². The van der Waals surface area contributed by atoms with Crippen LogP contribution in [0.1, 0.15) is 32.3 Å². The quantitative estimate of drug-likeness (QED) is 0.920. The Balaban J connectivity index is 1.79. The van der Waals surface area contributed by atoms with Gasteiger partial charge in [-0.25, -0.2) is 4.39 Å². The van der Waals surface area contributed by atoms with Gasteiger partial charge < -0.3 is 10.2 Å². The zero-order chi connectivity index (χ0) is 14.8. The average Bonchev–Trinajstić information content (AvgIpc) is 2.92. The molecule has 4 heteroatoms. The molecule has 1 N–H and O–H groups in total. The summed E-state index contributed by atoms with van der Waals surface area (Å²) in [5, 5.41) is 3.35. The Morgan fingerprint density at radius 3 is 2.95 bits per heavy atom. The van der Waals surface area contributed by atoms with E-state index in [1.807, 2.05) is 6.07 Å². The Hall–Kier alpha value is -1.13. The summed E-state index contributed by atoms with van der Waals surface area (Å²) in [4.78, 5) is 4.97. The van der Waals surface area contributed by atoms with Gasteiger partial charge >= 0.3 is 0 Å². The maximum Gasteiger partial charge on any atom is 0.129 e. The number of anilines is 1. The fourth-order valence-corrected chi connectivity index (χ4v) is 3.53. The molecule has 1 unspecified atom stereocenters. The van der Waals surface area contributed by atoms with Crippen molar-refractivity contribution in [1.29, 1.82) is 0 Å². The van der Waals surface area contributed by atoms with E-state index < -0.39 is 0 Å². The van der Waals surface area contributed by atoms with Crippen molar-refractivity contribution in [2.24, 2.45) is 0 Å². The van der Waals surface area contributed by atoms with E-state index in [1.165, 1.54) is 19.4 Å². The molecule has 3 nitrogen and oxygen atoms in total. The van der Waals surface area contributed by atoms with E-state index in [2.05, 4.69) is 35.0 Å². The molecule has 0 bridgehead atoms. The fourth-order valence-electron chi connectivity index (χ4n) is 3.53. The van der Waals surface area contributed by atoms with Crippen molar-refractivity contribution in [2.75, 3.05) is 31.1 Å². The molecule has 0 amide bonds. The summed E-state index contributed by atoms with van der Waals surface area (Å²) in [6.07, 6.45) is 2.59. The fraction of sp³-hybridized carbons (Fsp3) is 0.647. The highest BCUT2D eigenvalue weighted by molar-refractivity contribution is 5.55. The molecule has 2 saturated heterocycles. The second-order valence-corrected chi connectivity index (χ2v) is 6.55. The Labute approximate surface area is 127 Å². The minimum absolute atomic E-state index is 0.0884. The van der Waals surface area contributed by atoms with E-state index in [0.29, 0.717) is 18.6 Å². The molecule has 0 aliphatic carbocycles. The third kappa shape index (κ3) is 3.22. The van der Waals surface area contributed by atoms with Crippen LogP contribution in [-0.4, -0.2) is 43.2 Å². The molecular formula is C17H26FN3. The highest BCUT2D eigenvalue weighted by Crippen LogP contribution is 2.29. The van der Waals surface area contributed by atoms with Crippen molar-refractivity contribution >= 4 is 5.69 Å². The number of benzene rings is 1. The average molecular weight is 291 g/mol. The third-order valence-electron chi connectivity index (χ3n) is 4.71. The van der Waals surface area contributed by atoms with Crippen LogP contribution in [0.2, 0.25) is 0 Å². The predicted molar refractivity (Wildman–Crippen MR) is 85.2 cm³/mol. The molecule has 2 fully saturated rings. The lowest BCUT2D eigenvalue weighted by molar-refractivity contribution is 0.230. The molecule has 0 spiro atoms. The van der Waals surface area contributed by atoms with Crippen LogP contribution < -0.4 is 10.2 Å². The minimum Gasteiger partial charge on any atom is -0.368 e. The molecular weight excluding hydrogens is 265 g/mol. The molecule has 116 valence electrons. The van der Waals surface area contributed by atoms with Gasteiger partial charge in [-0.3, -0.25) is 4.90 Å². The smallest absolute Gasteiger partial charge is 0.129 e. The van der Waals surface area contributed by atoms with Crippen LogP contribution in [0.5, 0.6) is 0 Å². The van der Waals surface area contributed by atoms with Gasteiger partial charge in [0.05, 0.1) is 0 Å². The summed E-state index contributed by atoms with van der Waals surface area (Å²) >= 11 is 0. The Kier molecular flexibility index (Phi) is 4.45. The van der Waals surface area contributed by atoms with Crippen LogP contribution >= 0.6 is 0 Å². The van der Waals surface area contributed by atoms with Crippen LogP contribution in [0.15, 0.2) is 18.2 Å². The monoisotopic (exact) mass is 291 g/mol. The van der Waals surface area contributed by atoms with Crippen molar-refractivity contribution in [3.05, 3.63) is 29.6 Å². The van der Waals surface area contributed by atoms with Gasteiger partial charge in [-0.05, 0) is 31.5 Å². The Bertz CT molecular complexity index is 489. The molecule has 21 heavy (non-hydrogen) atoms. The van der Waals surface area contributed by atoms with E-state index in [9.17, 15) is 4.39 Å². The molecule has 2 heterocycles. The van der Waals surface area contributed by atoms with Crippen LogP contribution in [0, 0.1) is 5.82 Å². The minimum atomic E-state index is -0.0884. The lowest BCUT2D eigenvalue weighted by Crippen LogP contribution is -2.50. The maximum atomic E-state index is 14.2. The van der Waals surface area contributed by atoms with Gasteiger partial charge in [0.2, 0.25) is 0 Å². The van der Waals surface area contributed by atoms with Crippen molar-refractivity contribution < 1.29 is 4.39 Å². The van der Waals surface area contributed by atoms with E-state index in [0.717, 1.165) is 30.9 Å². The van der Waals surface area contributed by atoms with E-state index >= 15 is 0 Å². The predicted octanol–water partition coefficient (Wildman–Crippen LogP) is 2.61. The molecule has 2 aliphatic heterocycles. The van der Waals surface area contributed by atoms with Gasteiger partial charge in [-0.15, -0.1) is 0 Å². The molecule has 1 aromatic rings. The molecule has 0 aromatic heterocycles. The van der Waals surface area contributed by atoms with Crippen molar-refractivity contribution in [1.82, 2.24) is 10.2 Å². The molecule has 3 rings (SSSR count). The summed E-state index contributed by atoms with van der Waals surface area (Å²) in [6.45, 7) is 9.19. The molecule has 1 atom stereocenters. The summed E-state index contributed by atoms with van der Waals surface area (Å²) in [5.74, 6) is -0.0884. The van der Waals surface area contributed by atoms with Gasteiger partial charge in [0.25, 0.3) is 0 Å². The van der Waals surface area contributed by atoms with Crippen LogP contribution in [0.25, 0.3) is 0 Å². The summed E-state index contributed by atoms with van der Waals surface area (Å²) in [7, 11) is 0. The normalized spacial score (nSPS) is 22.9. The SMILES string of the molecule is CC(C)NCc1c(F)cccc1N1CCN2CCCC2C1. The number of piperazine rings is 1. The number of nitrogens with zero attached hydrogens (tertiary/aromatic N) is 2. The van der Waals surface area contributed by atoms with E-state index in [4.69, 9.17) is 0 Å². The Morgan fingerprint density at radius 2 is 2.14 bits per heavy atom. The van der Waals surface area contributed by atoms with Crippen molar-refractivity contribution in [3.63, 3.8) is 0 Å². The number of hydrogen-bond donors (Lipinski definition) is 1. The van der Waals surface area contributed by atoms with Gasteiger partial charge in [0, 0.05) is 49.5 Å². The number of hydrogen-bond acceptors (Lipinski definition) is 3. The lowest BCUT2D eigenvalue weighted by atomic mass is 10.1. The first-order valence-electron chi connectivity index (χ1n) is 8.15. The molecule has 2 aliphatic rings. The van der Waals surface area contributed by atoms with Crippen LogP contribution in [0.3, 0.4) is 0 Å². The summed E-state index contributed by atoms with van der Waals surface area (Å²) in [6, 6.07) is 6.51. The topological polar surface area (TPSA) is 18.5 Å². The first kappa shape index (κ1) is 14.8. The van der Waals surface area contributed by atoms with Gasteiger partial charge in [0.15, 0.2) is 0 Å². The largest absolute Gasteiger partial charge is 0.368 e. The second kappa shape index (κ2) is 6.32. The first-order valence-corrected chi connectivity index (χ1v) is 8.15. The zero-order valence-corrected chi connectivity index (χ0v) is 13.1. The van der Waals surface area contributed by atoms with Gasteiger partial charge in [0.1, 0.15) is 5.82 Å². The number of rotatable bonds is 4. The van der Waals surface area contributed by atoms with E-state index in [-0.39, 0.29) is 5.82 Å². The van der Waals surface area contributed by atoms with Crippen LogP contribution in [-0.2, 0) is 6.54 Å². The van der Waals surface area contributed by atoms with Crippen molar-refractivity contribution in [2.45, 2.75) is 45.3 Å². The summed E-state index contributed by atoms with van der Waals surface area (Å²) in [5.41, 5.74) is 1.90. The highest BCUT2D eigenvalue weighted by Gasteiger charge is 2.31. The third-order valence-corrected chi connectivity index (χ3v) is 4.71. The van der Waals surface area contributed by atoms with Gasteiger partial charge in [-0.2, -0.15) is 0 Å². The number of halogens is 1. The standard InChI is InChI=1S/C17H26FN3/c1-13(2)19-11-15-16(18)6-3-7-17(15)21-10-9-20-8-4-5-14(20)12-21/h3,6-7,13-14,19H,4-5,8-12H2,1-2H3. The highest BCUT2D eigenvalue weighted by atomic mass is 19.1. The zero-order valence-electron chi connectivity index (χ0n) is 13.1. The molecule has 0 saturated carbocycles. The Morgan fingerprint density at radius 1 is 1.29 bits per heavy atom. The van der Waals surface area contributed by atoms with Gasteiger partial charge in [-0.1, -0.05) is 19.9 Å². The lowest BCUT2D eigenvalue weighted by Gasteiger charge is -2.39. The summed E-state index contributed by atoms with van der Waals surface area (Å²) < 4.78 is 14.2. The number of fused-ring (bicyclic) bond motifs is 1. The van der Waals surface area contributed by atoms with E-state index in [1.54, 1.807) is 6.07 Å². The molecule has 0 radical (unpaired) electrons.